The van der Waals surface area contributed by atoms with Gasteiger partial charge in [-0.05, 0) is 84.8 Å². The number of hydrogen-bond donors (Lipinski definition) is 2. The van der Waals surface area contributed by atoms with Crippen LogP contribution in [0.5, 0.6) is 5.75 Å². The summed E-state index contributed by atoms with van der Waals surface area (Å²) in [6, 6.07) is 17.5. The van der Waals surface area contributed by atoms with Crippen LogP contribution in [0.3, 0.4) is 0 Å². The zero-order chi connectivity index (χ0) is 33.9. The molecule has 1 unspecified atom stereocenters. The van der Waals surface area contributed by atoms with Crippen molar-refractivity contribution in [3.8, 4) is 5.75 Å². The average Bonchev–Trinajstić information content (AvgIpc) is 3.51. The van der Waals surface area contributed by atoms with Crippen LogP contribution in [0, 0.1) is 11.7 Å². The molecule has 48 heavy (non-hydrogen) atoms. The van der Waals surface area contributed by atoms with Gasteiger partial charge in [0.1, 0.15) is 17.6 Å². The van der Waals surface area contributed by atoms with Crippen LogP contribution in [0.4, 0.5) is 10.1 Å². The summed E-state index contributed by atoms with van der Waals surface area (Å²) < 4.78 is 30.1. The third-order valence-corrected chi connectivity index (χ3v) is 9.33. The Morgan fingerprint density at radius 1 is 0.938 bits per heavy atom. The highest BCUT2D eigenvalue weighted by atomic mass is 19.1. The lowest BCUT2D eigenvalue weighted by molar-refractivity contribution is -0.124. The van der Waals surface area contributed by atoms with Gasteiger partial charge in [0, 0.05) is 24.3 Å². The smallest absolute Gasteiger partial charge is 0.337 e. The van der Waals surface area contributed by atoms with Gasteiger partial charge in [0.15, 0.2) is 0 Å². The maximum Gasteiger partial charge on any atom is 0.337 e. The van der Waals surface area contributed by atoms with E-state index in [4.69, 9.17) is 14.2 Å². The summed E-state index contributed by atoms with van der Waals surface area (Å²) in [5, 5.41) is 6.20. The molecular formula is C38H46FN3O6. The Kier molecular flexibility index (Phi) is 12.4. The van der Waals surface area contributed by atoms with Gasteiger partial charge in [-0.3, -0.25) is 9.59 Å². The van der Waals surface area contributed by atoms with Gasteiger partial charge in [0.25, 0.3) is 5.91 Å². The molecule has 3 aromatic carbocycles. The number of carbonyl (C=O) groups excluding carboxylic acids is 3. The number of nitrogens with one attached hydrogen (secondary N) is 2. The maximum atomic E-state index is 14.0. The number of halogens is 1. The van der Waals surface area contributed by atoms with Crippen molar-refractivity contribution in [1.29, 1.82) is 0 Å². The second-order valence-corrected chi connectivity index (χ2v) is 12.7. The molecule has 1 aliphatic carbocycles. The molecule has 9 nitrogen and oxygen atoms in total. The summed E-state index contributed by atoms with van der Waals surface area (Å²) >= 11 is 0. The first-order chi connectivity index (χ1) is 23.3. The molecule has 2 amide bonds. The van der Waals surface area contributed by atoms with Gasteiger partial charge in [-0.15, -0.1) is 0 Å². The zero-order valence-corrected chi connectivity index (χ0v) is 27.8. The maximum absolute atomic E-state index is 14.0. The molecule has 2 aliphatic rings. The number of fused-ring (bicyclic) bond motifs is 1. The summed E-state index contributed by atoms with van der Waals surface area (Å²) in [6.45, 7) is 1.62. The molecule has 0 spiro atoms. The largest absolute Gasteiger partial charge is 0.497 e. The highest BCUT2D eigenvalue weighted by molar-refractivity contribution is 5.98. The third kappa shape index (κ3) is 9.56. The predicted octanol–water partition coefficient (Wildman–Crippen LogP) is 5.84. The van der Waals surface area contributed by atoms with E-state index < -0.39 is 18.1 Å². The van der Waals surface area contributed by atoms with E-state index in [0.29, 0.717) is 48.7 Å². The topological polar surface area (TPSA) is 106 Å². The van der Waals surface area contributed by atoms with Gasteiger partial charge in [-0.1, -0.05) is 50.3 Å². The molecule has 256 valence electrons. The number of anilines is 1. The lowest BCUT2D eigenvalue weighted by atomic mass is 9.85. The van der Waals surface area contributed by atoms with Crippen molar-refractivity contribution >= 4 is 23.5 Å². The van der Waals surface area contributed by atoms with Gasteiger partial charge >= 0.3 is 5.97 Å². The number of amides is 2. The van der Waals surface area contributed by atoms with E-state index in [1.165, 1.54) is 32.4 Å². The number of ether oxygens (including phenoxy) is 3. The lowest BCUT2D eigenvalue weighted by Gasteiger charge is -2.29. The third-order valence-electron chi connectivity index (χ3n) is 9.33. The zero-order valence-electron chi connectivity index (χ0n) is 27.8. The monoisotopic (exact) mass is 659 g/mol. The van der Waals surface area contributed by atoms with Crippen LogP contribution in [0.1, 0.15) is 76.8 Å². The first-order valence-corrected chi connectivity index (χ1v) is 16.9. The summed E-state index contributed by atoms with van der Waals surface area (Å²) in [6.07, 6.45) is 8.02. The first-order valence-electron chi connectivity index (χ1n) is 16.9. The number of benzene rings is 3. The molecule has 5 rings (SSSR count). The first kappa shape index (κ1) is 34.9. The standard InChI is InChI=1S/C38H46FN3O6/c1-46-33-10-6-9-30(22-33)36(43)41-34(17-13-26-7-4-3-5-8-26)37(44)40-32(23-42-20-19-29-21-31(39)16-18-35(29)42)25-48-24-27-11-14-28(15-12-27)38(45)47-2/h6,9-12,14-16,18,21-22,26,32,34H,3-5,7-8,13,17,19-20,23-25H2,1-2H3,(H,40,44)(H,41,43)/t32?,34-/m1/s1. The van der Waals surface area contributed by atoms with Gasteiger partial charge in [0.05, 0.1) is 39.0 Å². The average molecular weight is 660 g/mol. The van der Waals surface area contributed by atoms with Crippen LogP contribution in [0.15, 0.2) is 66.7 Å². The number of esters is 1. The molecule has 10 heteroatoms. The predicted molar refractivity (Wildman–Crippen MR) is 182 cm³/mol. The number of nitrogens with zero attached hydrogens (tertiary/aromatic N) is 1. The van der Waals surface area contributed by atoms with E-state index in [2.05, 4.69) is 15.5 Å². The van der Waals surface area contributed by atoms with Crippen LogP contribution >= 0.6 is 0 Å². The van der Waals surface area contributed by atoms with Gasteiger partial charge in [0.2, 0.25) is 5.91 Å². The lowest BCUT2D eigenvalue weighted by Crippen LogP contribution is -2.53. The number of rotatable bonds is 15. The van der Waals surface area contributed by atoms with Crippen molar-refractivity contribution in [3.05, 3.63) is 94.8 Å². The van der Waals surface area contributed by atoms with Crippen LogP contribution < -0.4 is 20.3 Å². The minimum atomic E-state index is -0.737. The Hall–Kier alpha value is -4.44. The van der Waals surface area contributed by atoms with Crippen molar-refractivity contribution in [2.24, 2.45) is 5.92 Å². The van der Waals surface area contributed by atoms with Crippen LogP contribution in [0.25, 0.3) is 0 Å². The SMILES string of the molecule is COC(=O)c1ccc(COCC(CN2CCc3cc(F)ccc32)NC(=O)[C@@H](CCC2CCCCC2)NC(=O)c2cccc(OC)c2)cc1. The van der Waals surface area contributed by atoms with Gasteiger partial charge < -0.3 is 29.7 Å². The van der Waals surface area contributed by atoms with Crippen LogP contribution in [-0.4, -0.2) is 63.8 Å². The van der Waals surface area contributed by atoms with Crippen molar-refractivity contribution in [2.75, 3.05) is 38.8 Å². The van der Waals surface area contributed by atoms with Crippen molar-refractivity contribution in [3.63, 3.8) is 0 Å². The van der Waals surface area contributed by atoms with Crippen molar-refractivity contribution in [1.82, 2.24) is 10.6 Å². The van der Waals surface area contributed by atoms with Crippen LogP contribution in [-0.2, 0) is 27.3 Å². The molecule has 1 aliphatic heterocycles. The molecule has 2 atom stereocenters. The molecule has 0 radical (unpaired) electrons. The molecule has 1 fully saturated rings. The Morgan fingerprint density at radius 3 is 2.48 bits per heavy atom. The number of methoxy groups -OCH3 is 2. The molecule has 0 bridgehead atoms. The van der Waals surface area contributed by atoms with Crippen LogP contribution in [0.2, 0.25) is 0 Å². The summed E-state index contributed by atoms with van der Waals surface area (Å²) in [5.41, 5.74) is 3.61. The molecule has 2 N–H and O–H groups in total. The Morgan fingerprint density at radius 2 is 1.73 bits per heavy atom. The Bertz CT molecular complexity index is 1540. The van der Waals surface area contributed by atoms with E-state index in [9.17, 15) is 18.8 Å². The second kappa shape index (κ2) is 17.1. The molecule has 3 aromatic rings. The highest BCUT2D eigenvalue weighted by Crippen LogP contribution is 2.29. The quantitative estimate of drug-likeness (QED) is 0.198. The second-order valence-electron chi connectivity index (χ2n) is 12.7. The molecule has 1 heterocycles. The number of carbonyl (C=O) groups is 3. The Balaban J connectivity index is 1.30. The van der Waals surface area contributed by atoms with Crippen molar-refractivity contribution in [2.45, 2.75) is 70.1 Å². The molecule has 0 saturated heterocycles. The minimum absolute atomic E-state index is 0.205. The highest BCUT2D eigenvalue weighted by Gasteiger charge is 2.28. The summed E-state index contributed by atoms with van der Waals surface area (Å²) in [4.78, 5) is 41.4. The summed E-state index contributed by atoms with van der Waals surface area (Å²) in [5.74, 6) is -0.182. The van der Waals surface area contributed by atoms with Crippen molar-refractivity contribution < 1.29 is 33.0 Å². The molecule has 1 saturated carbocycles. The fourth-order valence-corrected chi connectivity index (χ4v) is 6.66. The van der Waals surface area contributed by atoms with E-state index in [-0.39, 0.29) is 30.8 Å². The van der Waals surface area contributed by atoms with Gasteiger partial charge in [-0.2, -0.15) is 0 Å². The van der Waals surface area contributed by atoms with E-state index in [1.54, 1.807) is 67.8 Å². The molecular weight excluding hydrogens is 613 g/mol. The fraction of sp³-hybridized carbons (Fsp3) is 0.447. The fourth-order valence-electron chi connectivity index (χ4n) is 6.66. The normalized spacial score (nSPS) is 15.7. The van der Waals surface area contributed by atoms with E-state index in [1.807, 2.05) is 0 Å². The summed E-state index contributed by atoms with van der Waals surface area (Å²) in [7, 11) is 2.89. The van der Waals surface area contributed by atoms with E-state index in [0.717, 1.165) is 36.1 Å². The number of hydrogen-bond acceptors (Lipinski definition) is 7. The minimum Gasteiger partial charge on any atom is -0.497 e. The molecule has 0 aromatic heterocycles. The van der Waals surface area contributed by atoms with Gasteiger partial charge in [-0.25, -0.2) is 9.18 Å². The van der Waals surface area contributed by atoms with E-state index >= 15 is 0 Å². The Labute approximate surface area is 282 Å².